The second-order valence-corrected chi connectivity index (χ2v) is 6.42. The van der Waals surface area contributed by atoms with Crippen molar-refractivity contribution in [1.29, 1.82) is 0 Å². The second-order valence-electron chi connectivity index (χ2n) is 5.19. The first-order chi connectivity index (χ1) is 9.65. The number of carbonyl (C=O) groups excluding carboxylic acids is 1. The summed E-state index contributed by atoms with van der Waals surface area (Å²) in [7, 11) is 0. The standard InChI is InChI=1S/C15H22N2O2S/c1-11(18)13-3-2-4-14(9-13)17-15(19)16-10-12-5-7-20-8-6-12/h2-4,9,11-12,18H,5-8,10H2,1H3,(H2,16,17,19). The lowest BCUT2D eigenvalue weighted by molar-refractivity contribution is 0.199. The number of carbonyl (C=O) groups is 1. The van der Waals surface area contributed by atoms with Crippen molar-refractivity contribution in [2.75, 3.05) is 23.4 Å². The van der Waals surface area contributed by atoms with E-state index < -0.39 is 6.10 Å². The Morgan fingerprint density at radius 3 is 2.90 bits per heavy atom. The van der Waals surface area contributed by atoms with Gasteiger partial charge in [0.15, 0.2) is 0 Å². The third-order valence-corrected chi connectivity index (χ3v) is 4.57. The number of rotatable bonds is 4. The molecule has 0 aromatic heterocycles. The van der Waals surface area contributed by atoms with Crippen LogP contribution in [0.15, 0.2) is 24.3 Å². The van der Waals surface area contributed by atoms with E-state index in [0.717, 1.165) is 12.1 Å². The second kappa shape index (κ2) is 7.55. The van der Waals surface area contributed by atoms with Crippen LogP contribution in [0.1, 0.15) is 31.4 Å². The third-order valence-electron chi connectivity index (χ3n) is 3.52. The number of aliphatic hydroxyl groups excluding tert-OH is 1. The minimum atomic E-state index is -0.528. The molecule has 20 heavy (non-hydrogen) atoms. The van der Waals surface area contributed by atoms with Crippen molar-refractivity contribution in [2.24, 2.45) is 5.92 Å². The van der Waals surface area contributed by atoms with Gasteiger partial charge in [0.25, 0.3) is 0 Å². The van der Waals surface area contributed by atoms with Gasteiger partial charge in [-0.05, 0) is 54.9 Å². The fourth-order valence-electron chi connectivity index (χ4n) is 2.24. The highest BCUT2D eigenvalue weighted by Gasteiger charge is 2.14. The lowest BCUT2D eigenvalue weighted by Crippen LogP contribution is -2.34. The van der Waals surface area contributed by atoms with Crippen LogP contribution < -0.4 is 10.6 Å². The molecule has 0 saturated carbocycles. The molecule has 5 heteroatoms. The molecule has 1 aromatic carbocycles. The number of amides is 2. The van der Waals surface area contributed by atoms with Gasteiger partial charge in [0.2, 0.25) is 0 Å². The van der Waals surface area contributed by atoms with Gasteiger partial charge in [-0.3, -0.25) is 0 Å². The van der Waals surface area contributed by atoms with Crippen molar-refractivity contribution in [1.82, 2.24) is 5.32 Å². The Morgan fingerprint density at radius 1 is 1.45 bits per heavy atom. The molecule has 1 heterocycles. The lowest BCUT2D eigenvalue weighted by atomic mass is 10.0. The summed E-state index contributed by atoms with van der Waals surface area (Å²) in [6, 6.07) is 7.11. The van der Waals surface area contributed by atoms with Gasteiger partial charge in [0.05, 0.1) is 6.10 Å². The molecule has 1 aliphatic heterocycles. The molecule has 3 N–H and O–H groups in total. The van der Waals surface area contributed by atoms with E-state index in [1.807, 2.05) is 30.0 Å². The molecule has 0 bridgehead atoms. The summed E-state index contributed by atoms with van der Waals surface area (Å²) in [5.74, 6) is 3.00. The monoisotopic (exact) mass is 294 g/mol. The minimum Gasteiger partial charge on any atom is -0.389 e. The summed E-state index contributed by atoms with van der Waals surface area (Å²) >= 11 is 1.99. The highest BCUT2D eigenvalue weighted by atomic mass is 32.2. The first-order valence-corrected chi connectivity index (χ1v) is 8.21. The van der Waals surface area contributed by atoms with Crippen molar-refractivity contribution in [3.63, 3.8) is 0 Å². The van der Waals surface area contributed by atoms with Crippen LogP contribution in [0.25, 0.3) is 0 Å². The normalized spacial score (nSPS) is 17.5. The molecule has 4 nitrogen and oxygen atoms in total. The Bertz CT molecular complexity index is 445. The van der Waals surface area contributed by atoms with Crippen molar-refractivity contribution in [2.45, 2.75) is 25.9 Å². The molecule has 1 fully saturated rings. The molecule has 1 saturated heterocycles. The molecule has 1 unspecified atom stereocenters. The summed E-state index contributed by atoms with van der Waals surface area (Å²) in [5, 5.41) is 15.3. The average molecular weight is 294 g/mol. The number of nitrogens with one attached hydrogen (secondary N) is 2. The molecule has 2 rings (SSSR count). The van der Waals surface area contributed by atoms with Gasteiger partial charge < -0.3 is 15.7 Å². The quantitative estimate of drug-likeness (QED) is 0.800. The van der Waals surface area contributed by atoms with Crippen LogP contribution in [-0.2, 0) is 0 Å². The Balaban J connectivity index is 1.80. The van der Waals surface area contributed by atoms with Crippen LogP contribution in [-0.4, -0.2) is 29.2 Å². The van der Waals surface area contributed by atoms with Gasteiger partial charge in [0.1, 0.15) is 0 Å². The van der Waals surface area contributed by atoms with E-state index in [1.165, 1.54) is 24.3 Å². The maximum atomic E-state index is 11.8. The smallest absolute Gasteiger partial charge is 0.319 e. The van der Waals surface area contributed by atoms with E-state index in [0.29, 0.717) is 11.6 Å². The minimum absolute atomic E-state index is 0.175. The van der Waals surface area contributed by atoms with Crippen LogP contribution in [0.5, 0.6) is 0 Å². The van der Waals surface area contributed by atoms with Crippen LogP contribution in [0.2, 0.25) is 0 Å². The zero-order valence-corrected chi connectivity index (χ0v) is 12.6. The molecular weight excluding hydrogens is 272 g/mol. The van der Waals surface area contributed by atoms with E-state index in [9.17, 15) is 9.90 Å². The fraction of sp³-hybridized carbons (Fsp3) is 0.533. The summed E-state index contributed by atoms with van der Waals surface area (Å²) in [6.45, 7) is 2.45. The Morgan fingerprint density at radius 2 is 2.20 bits per heavy atom. The van der Waals surface area contributed by atoms with Gasteiger partial charge >= 0.3 is 6.03 Å². The molecule has 0 spiro atoms. The highest BCUT2D eigenvalue weighted by Crippen LogP contribution is 2.22. The van der Waals surface area contributed by atoms with Gasteiger partial charge in [-0.2, -0.15) is 11.8 Å². The number of hydrogen-bond donors (Lipinski definition) is 3. The maximum absolute atomic E-state index is 11.8. The molecule has 0 aliphatic carbocycles. The zero-order chi connectivity index (χ0) is 14.4. The fourth-order valence-corrected chi connectivity index (χ4v) is 3.44. The number of thioether (sulfide) groups is 1. The number of urea groups is 1. The van der Waals surface area contributed by atoms with Crippen LogP contribution >= 0.6 is 11.8 Å². The summed E-state index contributed by atoms with van der Waals surface area (Å²) in [5.41, 5.74) is 1.51. The average Bonchev–Trinajstić information content (AvgIpc) is 2.46. The topological polar surface area (TPSA) is 61.4 Å². The van der Waals surface area contributed by atoms with Crippen LogP contribution in [0.3, 0.4) is 0 Å². The van der Waals surface area contributed by atoms with Crippen molar-refractivity contribution < 1.29 is 9.90 Å². The molecule has 1 aliphatic rings. The first kappa shape index (κ1) is 15.2. The van der Waals surface area contributed by atoms with E-state index in [-0.39, 0.29) is 6.03 Å². The molecular formula is C15H22N2O2S. The van der Waals surface area contributed by atoms with Crippen molar-refractivity contribution in [3.8, 4) is 0 Å². The van der Waals surface area contributed by atoms with E-state index in [1.54, 1.807) is 13.0 Å². The summed E-state index contributed by atoms with van der Waals surface area (Å²) in [4.78, 5) is 11.8. The molecule has 1 aromatic rings. The predicted octanol–water partition coefficient (Wildman–Crippen LogP) is 3.00. The van der Waals surface area contributed by atoms with Crippen LogP contribution in [0.4, 0.5) is 10.5 Å². The van der Waals surface area contributed by atoms with Crippen molar-refractivity contribution >= 4 is 23.5 Å². The SMILES string of the molecule is CC(O)c1cccc(NC(=O)NCC2CCSCC2)c1. The zero-order valence-electron chi connectivity index (χ0n) is 11.8. The summed E-state index contributed by atoms with van der Waals surface area (Å²) < 4.78 is 0. The lowest BCUT2D eigenvalue weighted by Gasteiger charge is -2.21. The van der Waals surface area contributed by atoms with Crippen LogP contribution in [0, 0.1) is 5.92 Å². The van der Waals surface area contributed by atoms with Gasteiger partial charge in [-0.15, -0.1) is 0 Å². The molecule has 1 atom stereocenters. The Labute approximate surface area is 124 Å². The van der Waals surface area contributed by atoms with Gasteiger partial charge in [-0.25, -0.2) is 4.79 Å². The van der Waals surface area contributed by atoms with E-state index in [4.69, 9.17) is 0 Å². The van der Waals surface area contributed by atoms with E-state index in [2.05, 4.69) is 10.6 Å². The number of anilines is 1. The largest absolute Gasteiger partial charge is 0.389 e. The Hall–Kier alpha value is -1.20. The maximum Gasteiger partial charge on any atom is 0.319 e. The number of hydrogen-bond acceptors (Lipinski definition) is 3. The van der Waals surface area contributed by atoms with Crippen molar-refractivity contribution in [3.05, 3.63) is 29.8 Å². The van der Waals surface area contributed by atoms with Gasteiger partial charge in [-0.1, -0.05) is 12.1 Å². The highest BCUT2D eigenvalue weighted by molar-refractivity contribution is 7.99. The summed E-state index contributed by atoms with van der Waals surface area (Å²) in [6.07, 6.45) is 1.84. The molecule has 2 amide bonds. The molecule has 110 valence electrons. The third kappa shape index (κ3) is 4.72. The number of aliphatic hydroxyl groups is 1. The Kier molecular flexibility index (Phi) is 5.73. The number of benzene rings is 1. The van der Waals surface area contributed by atoms with E-state index >= 15 is 0 Å². The molecule has 0 radical (unpaired) electrons. The predicted molar refractivity (Wildman–Crippen MR) is 84.1 cm³/mol. The van der Waals surface area contributed by atoms with Gasteiger partial charge in [0, 0.05) is 12.2 Å². The first-order valence-electron chi connectivity index (χ1n) is 7.06.